The Hall–Kier alpha value is -0.130. The fourth-order valence-electron chi connectivity index (χ4n) is 1.84. The zero-order chi connectivity index (χ0) is 10.6. The summed E-state index contributed by atoms with van der Waals surface area (Å²) in [7, 11) is -1.05. The molecular formula is C9H20N2O2S. The van der Waals surface area contributed by atoms with E-state index in [9.17, 15) is 8.42 Å². The topological polar surface area (TPSA) is 58.2 Å². The second-order valence-corrected chi connectivity index (χ2v) is 5.90. The Kier molecular flexibility index (Phi) is 4.34. The molecule has 0 aromatic carbocycles. The van der Waals surface area contributed by atoms with Gasteiger partial charge in [-0.2, -0.15) is 0 Å². The van der Waals surface area contributed by atoms with Gasteiger partial charge in [-0.15, -0.1) is 0 Å². The molecule has 1 aliphatic rings. The summed E-state index contributed by atoms with van der Waals surface area (Å²) >= 11 is 0. The van der Waals surface area contributed by atoms with E-state index >= 15 is 0 Å². The summed E-state index contributed by atoms with van der Waals surface area (Å²) in [6, 6.07) is 0.724. The molecule has 0 spiro atoms. The van der Waals surface area contributed by atoms with Crippen LogP contribution >= 0.6 is 0 Å². The highest BCUT2D eigenvalue weighted by Crippen LogP contribution is 2.18. The first-order chi connectivity index (χ1) is 6.57. The van der Waals surface area contributed by atoms with Crippen molar-refractivity contribution in [1.82, 2.24) is 10.0 Å². The zero-order valence-corrected chi connectivity index (χ0v) is 9.73. The Morgan fingerprint density at radius 3 is 2.07 bits per heavy atom. The van der Waals surface area contributed by atoms with E-state index in [0.717, 1.165) is 25.7 Å². The Morgan fingerprint density at radius 2 is 1.64 bits per heavy atom. The van der Waals surface area contributed by atoms with Crippen LogP contribution in [0, 0.1) is 0 Å². The third kappa shape index (κ3) is 3.55. The van der Waals surface area contributed by atoms with Crippen LogP contribution in [0.5, 0.6) is 0 Å². The second-order valence-electron chi connectivity index (χ2n) is 3.86. The fourth-order valence-corrected chi connectivity index (χ4v) is 2.75. The first-order valence-electron chi connectivity index (χ1n) is 5.24. The van der Waals surface area contributed by atoms with E-state index in [1.807, 2.05) is 7.05 Å². The molecule has 0 unspecified atom stereocenters. The molecule has 0 aromatic rings. The van der Waals surface area contributed by atoms with Gasteiger partial charge in [0.1, 0.15) is 0 Å². The van der Waals surface area contributed by atoms with Crippen molar-refractivity contribution >= 4 is 10.0 Å². The molecule has 0 amide bonds. The van der Waals surface area contributed by atoms with Crippen molar-refractivity contribution in [3.05, 3.63) is 0 Å². The molecular weight excluding hydrogens is 200 g/mol. The van der Waals surface area contributed by atoms with Crippen molar-refractivity contribution in [2.75, 3.05) is 12.8 Å². The quantitative estimate of drug-likeness (QED) is 0.723. The minimum Gasteiger partial charge on any atom is -0.317 e. The van der Waals surface area contributed by atoms with E-state index in [0.29, 0.717) is 6.04 Å². The molecule has 1 saturated carbocycles. The number of rotatable bonds is 4. The van der Waals surface area contributed by atoms with Crippen LogP contribution in [0.4, 0.5) is 0 Å². The highest BCUT2D eigenvalue weighted by Gasteiger charge is 2.22. The number of sulfonamides is 1. The Balaban J connectivity index is 2.36. The average molecular weight is 220 g/mol. The second kappa shape index (κ2) is 5.09. The fraction of sp³-hybridized carbons (Fsp3) is 1.00. The molecule has 84 valence electrons. The van der Waals surface area contributed by atoms with Crippen molar-refractivity contribution in [2.24, 2.45) is 0 Å². The molecule has 0 bridgehead atoms. The summed E-state index contributed by atoms with van der Waals surface area (Å²) in [5, 5.41) is 3.22. The first-order valence-corrected chi connectivity index (χ1v) is 6.90. The molecule has 0 saturated heterocycles. The maximum absolute atomic E-state index is 11.3. The highest BCUT2D eigenvalue weighted by molar-refractivity contribution is 7.89. The molecule has 0 aliphatic heterocycles. The first kappa shape index (κ1) is 11.9. The van der Waals surface area contributed by atoms with Crippen LogP contribution in [-0.4, -0.2) is 33.3 Å². The standard InChI is InChI=1S/C9H20N2O2S/c1-3-14(12,13)11-9-6-4-8(10-2)5-7-9/h8-11H,3-7H2,1-2H3. The molecule has 0 atom stereocenters. The molecule has 1 aliphatic carbocycles. The van der Waals surface area contributed by atoms with Gasteiger partial charge in [-0.05, 0) is 39.7 Å². The van der Waals surface area contributed by atoms with Crippen LogP contribution in [0.3, 0.4) is 0 Å². The third-order valence-electron chi connectivity index (χ3n) is 2.86. The monoisotopic (exact) mass is 220 g/mol. The van der Waals surface area contributed by atoms with Gasteiger partial charge in [0, 0.05) is 12.1 Å². The van der Waals surface area contributed by atoms with Gasteiger partial charge in [0.25, 0.3) is 0 Å². The minimum absolute atomic E-state index is 0.157. The van der Waals surface area contributed by atoms with Gasteiger partial charge >= 0.3 is 0 Å². The number of nitrogens with one attached hydrogen (secondary N) is 2. The van der Waals surface area contributed by atoms with E-state index in [1.54, 1.807) is 6.92 Å². The SMILES string of the molecule is CCS(=O)(=O)NC1CCC(NC)CC1. The van der Waals surface area contributed by atoms with Crippen molar-refractivity contribution in [3.63, 3.8) is 0 Å². The van der Waals surface area contributed by atoms with Crippen LogP contribution in [0.15, 0.2) is 0 Å². The molecule has 14 heavy (non-hydrogen) atoms. The Bertz CT molecular complexity index is 256. The van der Waals surface area contributed by atoms with E-state index < -0.39 is 10.0 Å². The molecule has 0 radical (unpaired) electrons. The van der Waals surface area contributed by atoms with E-state index in [4.69, 9.17) is 0 Å². The summed E-state index contributed by atoms with van der Waals surface area (Å²) in [5.74, 6) is 0.180. The molecule has 4 nitrogen and oxygen atoms in total. The predicted molar refractivity (Wildman–Crippen MR) is 57.7 cm³/mol. The molecule has 2 N–H and O–H groups in total. The van der Waals surface area contributed by atoms with Gasteiger partial charge in [0.05, 0.1) is 5.75 Å². The van der Waals surface area contributed by atoms with Gasteiger partial charge < -0.3 is 5.32 Å². The van der Waals surface area contributed by atoms with Crippen molar-refractivity contribution in [3.8, 4) is 0 Å². The summed E-state index contributed by atoms with van der Waals surface area (Å²) in [6.07, 6.45) is 4.02. The van der Waals surface area contributed by atoms with E-state index in [2.05, 4.69) is 10.0 Å². The zero-order valence-electron chi connectivity index (χ0n) is 8.91. The van der Waals surface area contributed by atoms with Gasteiger partial charge in [-0.1, -0.05) is 0 Å². The maximum atomic E-state index is 11.3. The molecule has 5 heteroatoms. The van der Waals surface area contributed by atoms with Crippen molar-refractivity contribution in [2.45, 2.75) is 44.7 Å². The van der Waals surface area contributed by atoms with Gasteiger partial charge in [0.2, 0.25) is 10.0 Å². The largest absolute Gasteiger partial charge is 0.317 e. The van der Waals surface area contributed by atoms with Gasteiger partial charge in [0.15, 0.2) is 0 Å². The van der Waals surface area contributed by atoms with Gasteiger partial charge in [-0.3, -0.25) is 0 Å². The summed E-state index contributed by atoms with van der Waals surface area (Å²) in [5.41, 5.74) is 0. The third-order valence-corrected chi connectivity index (χ3v) is 4.31. The van der Waals surface area contributed by atoms with Crippen molar-refractivity contribution in [1.29, 1.82) is 0 Å². The van der Waals surface area contributed by atoms with Crippen LogP contribution in [0.2, 0.25) is 0 Å². The lowest BCUT2D eigenvalue weighted by Gasteiger charge is -2.28. The summed E-state index contributed by atoms with van der Waals surface area (Å²) in [4.78, 5) is 0. The summed E-state index contributed by atoms with van der Waals surface area (Å²) in [6.45, 7) is 1.67. The Labute approximate surface area is 86.5 Å². The number of hydrogen-bond acceptors (Lipinski definition) is 3. The van der Waals surface area contributed by atoms with Crippen LogP contribution in [0.25, 0.3) is 0 Å². The summed E-state index contributed by atoms with van der Waals surface area (Å²) < 4.78 is 25.3. The minimum atomic E-state index is -3.01. The molecule has 0 heterocycles. The van der Waals surface area contributed by atoms with E-state index in [-0.39, 0.29) is 11.8 Å². The molecule has 1 fully saturated rings. The average Bonchev–Trinajstić information content (AvgIpc) is 2.19. The smallest absolute Gasteiger partial charge is 0.211 e. The van der Waals surface area contributed by atoms with Crippen LogP contribution < -0.4 is 10.0 Å². The lowest BCUT2D eigenvalue weighted by Crippen LogP contribution is -2.41. The van der Waals surface area contributed by atoms with Crippen LogP contribution in [0.1, 0.15) is 32.6 Å². The lowest BCUT2D eigenvalue weighted by molar-refractivity contribution is 0.343. The molecule has 1 rings (SSSR count). The van der Waals surface area contributed by atoms with Gasteiger partial charge in [-0.25, -0.2) is 13.1 Å². The Morgan fingerprint density at radius 1 is 1.14 bits per heavy atom. The lowest BCUT2D eigenvalue weighted by atomic mass is 9.92. The maximum Gasteiger partial charge on any atom is 0.211 e. The number of hydrogen-bond donors (Lipinski definition) is 2. The normalized spacial score (nSPS) is 29.0. The van der Waals surface area contributed by atoms with Crippen molar-refractivity contribution < 1.29 is 8.42 Å². The highest BCUT2D eigenvalue weighted by atomic mass is 32.2. The van der Waals surface area contributed by atoms with Crippen LogP contribution in [-0.2, 0) is 10.0 Å². The van der Waals surface area contributed by atoms with E-state index in [1.165, 1.54) is 0 Å². The predicted octanol–water partition coefficient (Wildman–Crippen LogP) is 0.456. The molecule has 0 aromatic heterocycles.